The minimum atomic E-state index is -0.271. The van der Waals surface area contributed by atoms with E-state index in [0.717, 1.165) is 23.1 Å². The molecule has 18 heavy (non-hydrogen) atoms. The van der Waals surface area contributed by atoms with Gasteiger partial charge in [0.1, 0.15) is 5.82 Å². The molecule has 0 heterocycles. The Balaban J connectivity index is 2.40. The van der Waals surface area contributed by atoms with Gasteiger partial charge in [-0.15, -0.1) is 0 Å². The van der Waals surface area contributed by atoms with Gasteiger partial charge in [0.2, 0.25) is 0 Å². The molecule has 0 bridgehead atoms. The number of benzene rings is 2. The molecule has 0 aliphatic rings. The van der Waals surface area contributed by atoms with E-state index in [1.165, 1.54) is 17.7 Å². The number of halogens is 1. The first-order valence-electron chi connectivity index (χ1n) is 6.22. The van der Waals surface area contributed by atoms with Gasteiger partial charge in [0.25, 0.3) is 0 Å². The van der Waals surface area contributed by atoms with Crippen molar-refractivity contribution < 1.29 is 4.39 Å². The fraction of sp³-hybridized carbons (Fsp3) is 0.250. The van der Waals surface area contributed by atoms with Crippen LogP contribution in [0.3, 0.4) is 0 Å². The van der Waals surface area contributed by atoms with Crippen molar-refractivity contribution in [2.24, 2.45) is 5.73 Å². The van der Waals surface area contributed by atoms with E-state index in [0.29, 0.717) is 0 Å². The zero-order valence-electron chi connectivity index (χ0n) is 10.8. The lowest BCUT2D eigenvalue weighted by Crippen LogP contribution is -2.13. The van der Waals surface area contributed by atoms with Crippen molar-refractivity contribution in [3.8, 4) is 0 Å². The molecule has 1 unspecified atom stereocenters. The van der Waals surface area contributed by atoms with Crippen LogP contribution in [0.2, 0.25) is 0 Å². The molecule has 1 nitrogen and oxygen atoms in total. The minimum absolute atomic E-state index is 0.238. The maximum atomic E-state index is 13.3. The summed E-state index contributed by atoms with van der Waals surface area (Å²) in [5, 5.41) is 0. The molecule has 0 aliphatic heterocycles. The molecule has 0 fully saturated rings. The summed E-state index contributed by atoms with van der Waals surface area (Å²) in [4.78, 5) is 0. The number of hydrogen-bond donors (Lipinski definition) is 1. The molecule has 2 N–H and O–H groups in total. The second-order valence-corrected chi connectivity index (χ2v) is 4.58. The van der Waals surface area contributed by atoms with Crippen LogP contribution in [0.1, 0.15) is 35.2 Å². The number of nitrogens with two attached hydrogens (primary N) is 1. The summed E-state index contributed by atoms with van der Waals surface area (Å²) in [6, 6.07) is 12.7. The smallest absolute Gasteiger partial charge is 0.123 e. The van der Waals surface area contributed by atoms with Crippen molar-refractivity contribution in [2.45, 2.75) is 26.3 Å². The predicted octanol–water partition coefficient (Wildman–Crippen LogP) is 3.74. The monoisotopic (exact) mass is 243 g/mol. The molecule has 0 aromatic heterocycles. The standard InChI is InChI=1S/C16H18FN/c1-3-12-5-4-6-13(9-12)16(18)15-10-14(17)8-7-11(15)2/h4-10,16H,3,18H2,1-2H3. The lowest BCUT2D eigenvalue weighted by atomic mass is 9.94. The van der Waals surface area contributed by atoms with E-state index >= 15 is 0 Å². The normalized spacial score (nSPS) is 12.4. The van der Waals surface area contributed by atoms with Crippen molar-refractivity contribution in [3.05, 3.63) is 70.5 Å². The maximum Gasteiger partial charge on any atom is 0.123 e. The van der Waals surface area contributed by atoms with Crippen molar-refractivity contribution in [2.75, 3.05) is 0 Å². The largest absolute Gasteiger partial charge is 0.320 e. The first-order chi connectivity index (χ1) is 8.61. The molecule has 0 saturated heterocycles. The van der Waals surface area contributed by atoms with Gasteiger partial charge >= 0.3 is 0 Å². The predicted molar refractivity (Wildman–Crippen MR) is 73.0 cm³/mol. The molecular weight excluding hydrogens is 225 g/mol. The zero-order valence-corrected chi connectivity index (χ0v) is 10.8. The summed E-state index contributed by atoms with van der Waals surface area (Å²) in [6.07, 6.45) is 0.975. The molecule has 0 amide bonds. The molecule has 1 atom stereocenters. The molecule has 0 spiro atoms. The van der Waals surface area contributed by atoms with Gasteiger partial charge in [0, 0.05) is 0 Å². The molecule has 2 aromatic rings. The van der Waals surface area contributed by atoms with Gasteiger partial charge in [-0.2, -0.15) is 0 Å². The van der Waals surface area contributed by atoms with Crippen LogP contribution >= 0.6 is 0 Å². The Bertz CT molecular complexity index is 549. The Kier molecular flexibility index (Phi) is 3.78. The van der Waals surface area contributed by atoms with Crippen molar-refractivity contribution in [1.29, 1.82) is 0 Å². The average Bonchev–Trinajstić information content (AvgIpc) is 2.41. The van der Waals surface area contributed by atoms with E-state index in [4.69, 9.17) is 5.73 Å². The number of hydrogen-bond acceptors (Lipinski definition) is 1. The molecule has 0 aliphatic carbocycles. The summed E-state index contributed by atoms with van der Waals surface area (Å²) < 4.78 is 13.3. The van der Waals surface area contributed by atoms with E-state index in [1.54, 1.807) is 6.07 Å². The third-order valence-corrected chi connectivity index (χ3v) is 3.29. The summed E-state index contributed by atoms with van der Waals surface area (Å²) in [6.45, 7) is 4.07. The van der Waals surface area contributed by atoms with E-state index in [2.05, 4.69) is 19.1 Å². The fourth-order valence-electron chi connectivity index (χ4n) is 2.13. The highest BCUT2D eigenvalue weighted by atomic mass is 19.1. The van der Waals surface area contributed by atoms with Crippen molar-refractivity contribution in [3.63, 3.8) is 0 Å². The van der Waals surface area contributed by atoms with Crippen LogP contribution in [0.25, 0.3) is 0 Å². The highest BCUT2D eigenvalue weighted by molar-refractivity contribution is 5.38. The van der Waals surface area contributed by atoms with Crippen molar-refractivity contribution >= 4 is 0 Å². The lowest BCUT2D eigenvalue weighted by molar-refractivity contribution is 0.622. The Morgan fingerprint density at radius 3 is 2.67 bits per heavy atom. The summed E-state index contributed by atoms with van der Waals surface area (Å²) in [7, 11) is 0. The second kappa shape index (κ2) is 5.32. The van der Waals surface area contributed by atoms with Gasteiger partial charge in [-0.25, -0.2) is 4.39 Å². The Morgan fingerprint density at radius 1 is 1.17 bits per heavy atom. The molecule has 94 valence electrons. The summed E-state index contributed by atoms with van der Waals surface area (Å²) in [5.41, 5.74) is 10.4. The first-order valence-corrected chi connectivity index (χ1v) is 6.22. The van der Waals surface area contributed by atoms with E-state index in [9.17, 15) is 4.39 Å². The van der Waals surface area contributed by atoms with Crippen molar-refractivity contribution in [1.82, 2.24) is 0 Å². The quantitative estimate of drug-likeness (QED) is 0.873. The fourth-order valence-corrected chi connectivity index (χ4v) is 2.13. The molecular formula is C16H18FN. The first kappa shape index (κ1) is 12.8. The Hall–Kier alpha value is -1.67. The van der Waals surface area contributed by atoms with Crippen LogP contribution in [0.15, 0.2) is 42.5 Å². The third kappa shape index (κ3) is 2.59. The minimum Gasteiger partial charge on any atom is -0.320 e. The van der Waals surface area contributed by atoms with Crippen LogP contribution in [0.4, 0.5) is 4.39 Å². The third-order valence-electron chi connectivity index (χ3n) is 3.29. The molecule has 2 heteroatoms. The maximum absolute atomic E-state index is 13.3. The van der Waals surface area contributed by atoms with Gasteiger partial charge in [0.15, 0.2) is 0 Å². The number of rotatable bonds is 3. The second-order valence-electron chi connectivity index (χ2n) is 4.58. The van der Waals surface area contributed by atoms with E-state index < -0.39 is 0 Å². The van der Waals surface area contributed by atoms with Crippen LogP contribution in [-0.2, 0) is 6.42 Å². The van der Waals surface area contributed by atoms with E-state index in [1.807, 2.05) is 19.1 Å². The van der Waals surface area contributed by atoms with Crippen LogP contribution < -0.4 is 5.73 Å². The Labute approximate surface area is 107 Å². The van der Waals surface area contributed by atoms with Crippen LogP contribution in [0, 0.1) is 12.7 Å². The molecule has 0 radical (unpaired) electrons. The van der Waals surface area contributed by atoms with Crippen LogP contribution in [-0.4, -0.2) is 0 Å². The Morgan fingerprint density at radius 2 is 1.94 bits per heavy atom. The van der Waals surface area contributed by atoms with E-state index in [-0.39, 0.29) is 11.9 Å². The molecule has 2 rings (SSSR count). The van der Waals surface area contributed by atoms with Gasteiger partial charge < -0.3 is 5.73 Å². The molecule has 2 aromatic carbocycles. The van der Waals surface area contributed by atoms with Crippen LogP contribution in [0.5, 0.6) is 0 Å². The highest BCUT2D eigenvalue weighted by Crippen LogP contribution is 2.24. The topological polar surface area (TPSA) is 26.0 Å². The summed E-state index contributed by atoms with van der Waals surface area (Å²) >= 11 is 0. The lowest BCUT2D eigenvalue weighted by Gasteiger charge is -2.16. The van der Waals surface area contributed by atoms with Gasteiger partial charge in [-0.3, -0.25) is 0 Å². The SMILES string of the molecule is CCc1cccc(C(N)c2cc(F)ccc2C)c1. The average molecular weight is 243 g/mol. The number of aryl methyl sites for hydroxylation is 2. The highest BCUT2D eigenvalue weighted by Gasteiger charge is 2.12. The molecule has 0 saturated carbocycles. The van der Waals surface area contributed by atoms with Gasteiger partial charge in [-0.05, 0) is 47.7 Å². The zero-order chi connectivity index (χ0) is 13.1. The van der Waals surface area contributed by atoms with Gasteiger partial charge in [0.05, 0.1) is 6.04 Å². The summed E-state index contributed by atoms with van der Waals surface area (Å²) in [5.74, 6) is -0.238. The van der Waals surface area contributed by atoms with Gasteiger partial charge in [-0.1, -0.05) is 37.3 Å².